The van der Waals surface area contributed by atoms with E-state index in [1.54, 1.807) is 26.1 Å². The van der Waals surface area contributed by atoms with Gasteiger partial charge in [0.1, 0.15) is 5.69 Å². The second kappa shape index (κ2) is 10.4. The molecule has 0 spiro atoms. The SMILES string of the molecule is CCOC(=O)C1(c2cnn3cc([C@@H](NC(=O)c4nonc4C)C4CCC(F)(F)CC4)nc3c2)CCC(F)(F)CC1. The van der Waals surface area contributed by atoms with Gasteiger partial charge in [0.2, 0.25) is 11.8 Å². The largest absolute Gasteiger partial charge is 0.465 e. The Labute approximate surface area is 226 Å². The Morgan fingerprint density at radius 2 is 1.77 bits per heavy atom. The number of esters is 1. The highest BCUT2D eigenvalue weighted by Gasteiger charge is 2.50. The van der Waals surface area contributed by atoms with Gasteiger partial charge in [-0.3, -0.25) is 9.59 Å². The molecule has 1 atom stereocenters. The molecule has 216 valence electrons. The standard InChI is InChI=1S/C26H30F4N6O4/c1-3-39-23(38)24(8-10-26(29,30)11-9-24)17-12-19-32-18(14-36(19)31-13-17)21(16-4-6-25(27,28)7-5-16)33-22(37)20-15(2)34-40-35-20/h12-14,16,21H,3-11H2,1-2H3,(H,33,37)/t21-/m0/s1. The van der Waals surface area contributed by atoms with Crippen LogP contribution in [-0.4, -0.2) is 55.2 Å². The molecule has 1 N–H and O–H groups in total. The Bertz CT molecular complexity index is 1390. The smallest absolute Gasteiger partial charge is 0.316 e. The van der Waals surface area contributed by atoms with Crippen molar-refractivity contribution in [3.05, 3.63) is 41.1 Å². The second-order valence-corrected chi connectivity index (χ2v) is 10.7. The normalized spacial score (nSPS) is 21.1. The number of halogens is 4. The first kappa shape index (κ1) is 28.0. The third kappa shape index (κ3) is 5.39. The van der Waals surface area contributed by atoms with Crippen molar-refractivity contribution < 1.29 is 36.5 Å². The van der Waals surface area contributed by atoms with Crippen molar-refractivity contribution in [2.24, 2.45) is 5.92 Å². The van der Waals surface area contributed by atoms with Crippen LogP contribution in [0.25, 0.3) is 5.65 Å². The van der Waals surface area contributed by atoms with Crippen LogP contribution in [0.15, 0.2) is 23.1 Å². The summed E-state index contributed by atoms with van der Waals surface area (Å²) < 4.78 is 67.3. The van der Waals surface area contributed by atoms with Crippen molar-refractivity contribution in [3.63, 3.8) is 0 Å². The molecule has 3 aromatic heterocycles. The minimum absolute atomic E-state index is 0.0270. The third-order valence-electron chi connectivity index (χ3n) is 8.10. The highest BCUT2D eigenvalue weighted by Crippen LogP contribution is 2.46. The first-order valence-corrected chi connectivity index (χ1v) is 13.3. The van der Waals surface area contributed by atoms with Crippen LogP contribution in [0.4, 0.5) is 17.6 Å². The van der Waals surface area contributed by atoms with Gasteiger partial charge >= 0.3 is 5.97 Å². The van der Waals surface area contributed by atoms with E-state index in [2.05, 4.69) is 30.3 Å². The number of carbonyl (C=O) groups is 2. The lowest BCUT2D eigenvalue weighted by atomic mass is 9.69. The van der Waals surface area contributed by atoms with E-state index in [-0.39, 0.29) is 62.4 Å². The van der Waals surface area contributed by atoms with Crippen LogP contribution in [0.3, 0.4) is 0 Å². The number of imidazole rings is 1. The number of carbonyl (C=O) groups excluding carboxylic acids is 2. The van der Waals surface area contributed by atoms with E-state index in [0.29, 0.717) is 16.9 Å². The van der Waals surface area contributed by atoms with Gasteiger partial charge in [0.05, 0.1) is 36.2 Å². The van der Waals surface area contributed by atoms with Crippen LogP contribution >= 0.6 is 0 Å². The van der Waals surface area contributed by atoms with Crippen LogP contribution in [0.2, 0.25) is 0 Å². The molecule has 0 saturated heterocycles. The Hall–Kier alpha value is -3.58. The molecule has 2 aliphatic carbocycles. The molecule has 0 radical (unpaired) electrons. The summed E-state index contributed by atoms with van der Waals surface area (Å²) in [5, 5.41) is 14.5. The van der Waals surface area contributed by atoms with E-state index in [4.69, 9.17) is 4.74 Å². The summed E-state index contributed by atoms with van der Waals surface area (Å²) in [7, 11) is 0. The zero-order chi connectivity index (χ0) is 28.7. The fourth-order valence-corrected chi connectivity index (χ4v) is 5.71. The Morgan fingerprint density at radius 1 is 1.10 bits per heavy atom. The lowest BCUT2D eigenvalue weighted by Gasteiger charge is -2.38. The highest BCUT2D eigenvalue weighted by molar-refractivity contribution is 5.93. The number of aromatic nitrogens is 5. The van der Waals surface area contributed by atoms with Gasteiger partial charge in [0.25, 0.3) is 5.91 Å². The Balaban J connectivity index is 1.49. The van der Waals surface area contributed by atoms with Crippen molar-refractivity contribution in [2.75, 3.05) is 6.61 Å². The van der Waals surface area contributed by atoms with E-state index in [9.17, 15) is 27.2 Å². The summed E-state index contributed by atoms with van der Waals surface area (Å²) in [4.78, 5) is 30.7. The van der Waals surface area contributed by atoms with E-state index in [1.807, 2.05) is 0 Å². The molecule has 0 aromatic carbocycles. The van der Waals surface area contributed by atoms with Gasteiger partial charge in [-0.25, -0.2) is 31.7 Å². The van der Waals surface area contributed by atoms with Gasteiger partial charge in [-0.15, -0.1) is 0 Å². The fraction of sp³-hybridized carbons (Fsp3) is 0.615. The third-order valence-corrected chi connectivity index (χ3v) is 8.10. The van der Waals surface area contributed by atoms with Crippen LogP contribution in [-0.2, 0) is 14.9 Å². The van der Waals surface area contributed by atoms with Crippen molar-refractivity contribution >= 4 is 17.5 Å². The summed E-state index contributed by atoms with van der Waals surface area (Å²) in [6.07, 6.45) is 1.54. The molecule has 10 nitrogen and oxygen atoms in total. The maximum absolute atomic E-state index is 14.0. The van der Waals surface area contributed by atoms with Gasteiger partial charge in [0, 0.05) is 25.7 Å². The first-order chi connectivity index (χ1) is 18.9. The molecule has 5 rings (SSSR count). The van der Waals surface area contributed by atoms with Gasteiger partial charge < -0.3 is 10.1 Å². The van der Waals surface area contributed by atoms with Gasteiger partial charge in [0.15, 0.2) is 11.3 Å². The lowest BCUT2D eigenvalue weighted by Crippen LogP contribution is -2.44. The molecule has 2 aliphatic rings. The predicted molar refractivity (Wildman–Crippen MR) is 131 cm³/mol. The zero-order valence-corrected chi connectivity index (χ0v) is 22.1. The monoisotopic (exact) mass is 566 g/mol. The highest BCUT2D eigenvalue weighted by atomic mass is 19.3. The van der Waals surface area contributed by atoms with Crippen molar-refractivity contribution in [1.82, 2.24) is 30.2 Å². The number of ether oxygens (including phenoxy) is 1. The van der Waals surface area contributed by atoms with Gasteiger partial charge in [-0.05, 0) is 62.2 Å². The second-order valence-electron chi connectivity index (χ2n) is 10.7. The molecule has 3 heterocycles. The van der Waals surface area contributed by atoms with E-state index in [1.165, 1.54) is 10.7 Å². The molecule has 0 unspecified atom stereocenters. The number of hydrogen-bond acceptors (Lipinski definition) is 8. The molecular weight excluding hydrogens is 536 g/mol. The minimum atomic E-state index is -2.87. The number of amides is 1. The maximum atomic E-state index is 14.0. The summed E-state index contributed by atoms with van der Waals surface area (Å²) in [6, 6.07) is 0.855. The van der Waals surface area contributed by atoms with Gasteiger partial charge in [-0.1, -0.05) is 5.16 Å². The lowest BCUT2D eigenvalue weighted by molar-refractivity contribution is -0.155. The molecule has 40 heavy (non-hydrogen) atoms. The quantitative estimate of drug-likeness (QED) is 0.322. The summed E-state index contributed by atoms with van der Waals surface area (Å²) >= 11 is 0. The van der Waals surface area contributed by atoms with E-state index >= 15 is 0 Å². The minimum Gasteiger partial charge on any atom is -0.465 e. The van der Waals surface area contributed by atoms with Gasteiger partial charge in [-0.2, -0.15) is 5.10 Å². The molecule has 3 aromatic rings. The number of fused-ring (bicyclic) bond motifs is 1. The van der Waals surface area contributed by atoms with E-state index in [0.717, 1.165) is 0 Å². The van der Waals surface area contributed by atoms with Crippen LogP contribution in [0.1, 0.15) is 91.8 Å². The Kier molecular flexibility index (Phi) is 7.29. The summed E-state index contributed by atoms with van der Waals surface area (Å²) in [5.74, 6) is -7.16. The molecule has 0 bridgehead atoms. The molecule has 0 aliphatic heterocycles. The summed E-state index contributed by atoms with van der Waals surface area (Å²) in [5.41, 5.74) is 0.0542. The fourth-order valence-electron chi connectivity index (χ4n) is 5.71. The first-order valence-electron chi connectivity index (χ1n) is 13.3. The molecular formula is C26H30F4N6O4. The zero-order valence-electron chi connectivity index (χ0n) is 22.1. The maximum Gasteiger partial charge on any atom is 0.316 e. The summed E-state index contributed by atoms with van der Waals surface area (Å²) in [6.45, 7) is 3.30. The Morgan fingerprint density at radius 3 is 2.40 bits per heavy atom. The van der Waals surface area contributed by atoms with Crippen LogP contribution in [0.5, 0.6) is 0 Å². The van der Waals surface area contributed by atoms with E-state index < -0.39 is 48.0 Å². The topological polar surface area (TPSA) is 125 Å². The van der Waals surface area contributed by atoms with Crippen LogP contribution in [0, 0.1) is 12.8 Å². The molecule has 2 saturated carbocycles. The number of alkyl halides is 4. The van der Waals surface area contributed by atoms with Crippen molar-refractivity contribution in [2.45, 2.75) is 88.5 Å². The van der Waals surface area contributed by atoms with Crippen molar-refractivity contribution in [1.29, 1.82) is 0 Å². The number of hydrogen-bond donors (Lipinski definition) is 1. The number of rotatable bonds is 7. The van der Waals surface area contributed by atoms with Crippen LogP contribution < -0.4 is 5.32 Å². The number of nitrogens with one attached hydrogen (secondary N) is 1. The molecule has 2 fully saturated rings. The predicted octanol–water partition coefficient (Wildman–Crippen LogP) is 4.73. The average Bonchev–Trinajstić information content (AvgIpc) is 3.53. The average molecular weight is 567 g/mol. The number of nitrogens with zero attached hydrogens (tertiary/aromatic N) is 5. The number of aryl methyl sites for hydroxylation is 1. The molecule has 1 amide bonds. The van der Waals surface area contributed by atoms with Crippen molar-refractivity contribution in [3.8, 4) is 0 Å². The molecule has 14 heteroatoms.